The predicted octanol–water partition coefficient (Wildman–Crippen LogP) is -0.148. The number of likely N-dealkylation sites (tertiary alicyclic amines) is 1. The van der Waals surface area contributed by atoms with Gasteiger partial charge in [0.15, 0.2) is 0 Å². The fourth-order valence-corrected chi connectivity index (χ4v) is 2.87. The van der Waals surface area contributed by atoms with Crippen LogP contribution < -0.4 is 0 Å². The highest BCUT2D eigenvalue weighted by Gasteiger charge is 2.40. The van der Waals surface area contributed by atoms with Gasteiger partial charge in [-0.15, -0.1) is 0 Å². The lowest BCUT2D eigenvalue weighted by Crippen LogP contribution is -2.54. The molecule has 0 aromatic heterocycles. The Hall–Kier alpha value is -1.14. The third kappa shape index (κ3) is 2.96. The Morgan fingerprint density at radius 2 is 2.15 bits per heavy atom. The molecule has 0 saturated carbocycles. The first-order valence-corrected chi connectivity index (χ1v) is 7.26. The second-order valence-electron chi connectivity index (χ2n) is 6.02. The van der Waals surface area contributed by atoms with Crippen molar-refractivity contribution in [2.45, 2.75) is 45.4 Å². The third-order valence-corrected chi connectivity index (χ3v) is 4.12. The Morgan fingerprint density at radius 3 is 2.70 bits per heavy atom. The van der Waals surface area contributed by atoms with E-state index in [0.717, 1.165) is 0 Å². The van der Waals surface area contributed by atoms with Gasteiger partial charge in [0.2, 0.25) is 11.8 Å². The highest BCUT2D eigenvalue weighted by atomic mass is 16.5. The molecule has 0 aromatic rings. The summed E-state index contributed by atoms with van der Waals surface area (Å²) >= 11 is 0. The minimum Gasteiger partial charge on any atom is -0.394 e. The molecule has 2 fully saturated rings. The van der Waals surface area contributed by atoms with Gasteiger partial charge in [0.25, 0.3) is 0 Å². The summed E-state index contributed by atoms with van der Waals surface area (Å²) in [5, 5.41) is 9.17. The van der Waals surface area contributed by atoms with E-state index in [9.17, 15) is 14.7 Å². The Bertz CT molecular complexity index is 385. The van der Waals surface area contributed by atoms with E-state index >= 15 is 0 Å². The zero-order valence-electron chi connectivity index (χ0n) is 12.4. The van der Waals surface area contributed by atoms with Gasteiger partial charge in [-0.05, 0) is 20.8 Å². The summed E-state index contributed by atoms with van der Waals surface area (Å²) in [7, 11) is 0. The number of hydrogen-bond acceptors (Lipinski definition) is 4. The molecule has 2 saturated heterocycles. The zero-order valence-corrected chi connectivity index (χ0v) is 12.4. The Balaban J connectivity index is 2.02. The summed E-state index contributed by atoms with van der Waals surface area (Å²) in [4.78, 5) is 28.0. The molecule has 6 heteroatoms. The van der Waals surface area contributed by atoms with Crippen LogP contribution in [0.25, 0.3) is 0 Å². The lowest BCUT2D eigenvalue weighted by atomic mass is 10.0. The van der Waals surface area contributed by atoms with Crippen LogP contribution in [0.4, 0.5) is 0 Å². The molecule has 114 valence electrons. The molecule has 6 nitrogen and oxygen atoms in total. The molecule has 2 aliphatic rings. The topological polar surface area (TPSA) is 70.1 Å². The van der Waals surface area contributed by atoms with Gasteiger partial charge in [-0.1, -0.05) is 0 Å². The van der Waals surface area contributed by atoms with Crippen LogP contribution in [-0.2, 0) is 14.3 Å². The number of amides is 2. The van der Waals surface area contributed by atoms with Crippen molar-refractivity contribution >= 4 is 11.8 Å². The van der Waals surface area contributed by atoms with E-state index in [1.165, 1.54) is 0 Å². The molecule has 0 spiro atoms. The summed E-state index contributed by atoms with van der Waals surface area (Å²) in [6.07, 6.45) is -0.0151. The van der Waals surface area contributed by atoms with Crippen LogP contribution in [0.2, 0.25) is 0 Å². The maximum absolute atomic E-state index is 12.6. The van der Waals surface area contributed by atoms with E-state index in [0.29, 0.717) is 26.1 Å². The number of morpholine rings is 1. The molecule has 0 radical (unpaired) electrons. The van der Waals surface area contributed by atoms with Crippen LogP contribution in [0.5, 0.6) is 0 Å². The quantitative estimate of drug-likeness (QED) is 0.782. The van der Waals surface area contributed by atoms with E-state index in [-0.39, 0.29) is 42.5 Å². The number of aliphatic hydroxyl groups excluding tert-OH is 1. The van der Waals surface area contributed by atoms with Crippen LogP contribution >= 0.6 is 0 Å². The van der Waals surface area contributed by atoms with E-state index in [1.807, 2.05) is 20.8 Å². The number of hydrogen-bond donors (Lipinski definition) is 1. The molecule has 3 unspecified atom stereocenters. The molecule has 2 rings (SSSR count). The number of carbonyl (C=O) groups excluding carboxylic acids is 2. The van der Waals surface area contributed by atoms with Gasteiger partial charge in [-0.2, -0.15) is 0 Å². The van der Waals surface area contributed by atoms with Gasteiger partial charge >= 0.3 is 0 Å². The summed E-state index contributed by atoms with van der Waals surface area (Å²) in [6.45, 7) is 7.12. The molecular weight excluding hydrogens is 260 g/mol. The molecular formula is C14H24N2O4. The maximum atomic E-state index is 12.6. The van der Waals surface area contributed by atoms with E-state index < -0.39 is 0 Å². The number of nitrogens with zero attached hydrogens (tertiary/aromatic N) is 2. The highest BCUT2D eigenvalue weighted by Crippen LogP contribution is 2.24. The SMILES string of the molecule is CC(C)N1CC(C(=O)N2CC(CO)OCC2C)CC1=O. The molecule has 2 amide bonds. The average Bonchev–Trinajstić information content (AvgIpc) is 2.81. The molecule has 0 aliphatic carbocycles. The summed E-state index contributed by atoms with van der Waals surface area (Å²) in [6, 6.07) is 0.126. The molecule has 0 aromatic carbocycles. The van der Waals surface area contributed by atoms with Crippen LogP contribution in [0.3, 0.4) is 0 Å². The maximum Gasteiger partial charge on any atom is 0.228 e. The first-order chi connectivity index (χ1) is 9.43. The molecule has 20 heavy (non-hydrogen) atoms. The second kappa shape index (κ2) is 6.10. The van der Waals surface area contributed by atoms with Gasteiger partial charge in [0.05, 0.1) is 31.3 Å². The number of carbonyl (C=O) groups is 2. The fourth-order valence-electron chi connectivity index (χ4n) is 2.87. The van der Waals surface area contributed by atoms with Gasteiger partial charge in [0.1, 0.15) is 0 Å². The molecule has 1 N–H and O–H groups in total. The van der Waals surface area contributed by atoms with E-state index in [2.05, 4.69) is 0 Å². The normalized spacial score (nSPS) is 31.2. The molecule has 0 bridgehead atoms. The first-order valence-electron chi connectivity index (χ1n) is 7.26. The van der Waals surface area contributed by atoms with Gasteiger partial charge < -0.3 is 19.6 Å². The van der Waals surface area contributed by atoms with Gasteiger partial charge in [0, 0.05) is 25.6 Å². The molecule has 3 atom stereocenters. The highest BCUT2D eigenvalue weighted by molar-refractivity contribution is 5.89. The minimum atomic E-state index is -0.312. The second-order valence-corrected chi connectivity index (χ2v) is 6.02. The standard InChI is InChI=1S/C14H24N2O4/c1-9(2)15-5-11(4-13(15)18)14(19)16-6-12(7-17)20-8-10(16)3/h9-12,17H,4-8H2,1-3H3. The number of aliphatic hydroxyl groups is 1. The van der Waals surface area contributed by atoms with Crippen molar-refractivity contribution in [3.05, 3.63) is 0 Å². The van der Waals surface area contributed by atoms with Crippen LogP contribution in [0.1, 0.15) is 27.2 Å². The Morgan fingerprint density at radius 1 is 1.45 bits per heavy atom. The fraction of sp³-hybridized carbons (Fsp3) is 0.857. The van der Waals surface area contributed by atoms with Gasteiger partial charge in [-0.25, -0.2) is 0 Å². The predicted molar refractivity (Wildman–Crippen MR) is 73.0 cm³/mol. The zero-order chi connectivity index (χ0) is 14.9. The van der Waals surface area contributed by atoms with Gasteiger partial charge in [-0.3, -0.25) is 9.59 Å². The smallest absolute Gasteiger partial charge is 0.228 e. The monoisotopic (exact) mass is 284 g/mol. The van der Waals surface area contributed by atoms with E-state index in [1.54, 1.807) is 9.80 Å². The van der Waals surface area contributed by atoms with Crippen molar-refractivity contribution in [3.8, 4) is 0 Å². The van der Waals surface area contributed by atoms with Crippen molar-refractivity contribution in [1.82, 2.24) is 9.80 Å². The van der Waals surface area contributed by atoms with E-state index in [4.69, 9.17) is 4.74 Å². The minimum absolute atomic E-state index is 0.00602. The van der Waals surface area contributed by atoms with Crippen molar-refractivity contribution in [2.75, 3.05) is 26.3 Å². The van der Waals surface area contributed by atoms with Crippen LogP contribution in [0, 0.1) is 5.92 Å². The van der Waals surface area contributed by atoms with Crippen LogP contribution in [-0.4, -0.2) is 71.2 Å². The van der Waals surface area contributed by atoms with Crippen molar-refractivity contribution in [1.29, 1.82) is 0 Å². The first kappa shape index (κ1) is 15.3. The van der Waals surface area contributed by atoms with Crippen molar-refractivity contribution in [3.63, 3.8) is 0 Å². The lowest BCUT2D eigenvalue weighted by Gasteiger charge is -2.38. The molecule has 2 aliphatic heterocycles. The number of rotatable bonds is 3. The molecule has 2 heterocycles. The lowest BCUT2D eigenvalue weighted by molar-refractivity contribution is -0.150. The summed E-state index contributed by atoms with van der Waals surface area (Å²) in [5.74, 6) is -0.196. The number of ether oxygens (including phenoxy) is 1. The summed E-state index contributed by atoms with van der Waals surface area (Å²) < 4.78 is 5.44. The summed E-state index contributed by atoms with van der Waals surface area (Å²) in [5.41, 5.74) is 0. The third-order valence-electron chi connectivity index (χ3n) is 4.12. The van der Waals surface area contributed by atoms with Crippen molar-refractivity contribution in [2.24, 2.45) is 5.92 Å². The Labute approximate surface area is 119 Å². The van der Waals surface area contributed by atoms with Crippen molar-refractivity contribution < 1.29 is 19.4 Å². The van der Waals surface area contributed by atoms with Crippen LogP contribution in [0.15, 0.2) is 0 Å². The Kier molecular flexibility index (Phi) is 4.65. The average molecular weight is 284 g/mol. The largest absolute Gasteiger partial charge is 0.394 e.